The van der Waals surface area contributed by atoms with E-state index in [1.165, 1.54) is 30.9 Å². The third kappa shape index (κ3) is 7.33. The van der Waals surface area contributed by atoms with Crippen molar-refractivity contribution in [2.75, 3.05) is 59.4 Å². The van der Waals surface area contributed by atoms with Crippen LogP contribution in [0.1, 0.15) is 18.2 Å². The molecule has 1 aromatic heterocycles. The van der Waals surface area contributed by atoms with Crippen molar-refractivity contribution in [3.63, 3.8) is 0 Å². The van der Waals surface area contributed by atoms with Gasteiger partial charge in [0.25, 0.3) is 0 Å². The van der Waals surface area contributed by atoms with Crippen molar-refractivity contribution >= 4 is 17.3 Å². The van der Waals surface area contributed by atoms with E-state index < -0.39 is 0 Å². The topological polar surface area (TPSA) is 42.9 Å². The average Bonchev–Trinajstić information content (AvgIpc) is 2.97. The Morgan fingerprint density at radius 3 is 2.96 bits per heavy atom. The first kappa shape index (κ1) is 18.2. The molecule has 0 radical (unpaired) electrons. The maximum atomic E-state index is 4.72. The summed E-state index contributed by atoms with van der Waals surface area (Å²) in [6, 6.07) is 4.30. The lowest BCUT2D eigenvalue weighted by molar-refractivity contribution is 0.283. The van der Waals surface area contributed by atoms with Crippen LogP contribution < -0.4 is 10.6 Å². The zero-order valence-electron chi connectivity index (χ0n) is 14.6. The van der Waals surface area contributed by atoms with Crippen LogP contribution in [0.3, 0.4) is 0 Å². The van der Waals surface area contributed by atoms with Crippen LogP contribution in [0.15, 0.2) is 22.5 Å². The molecule has 2 heterocycles. The summed E-state index contributed by atoms with van der Waals surface area (Å²) in [5.41, 5.74) is 0. The molecule has 0 saturated carbocycles. The number of nitrogens with zero attached hydrogens (tertiary/aromatic N) is 3. The van der Waals surface area contributed by atoms with Crippen LogP contribution in [-0.2, 0) is 6.42 Å². The number of likely N-dealkylation sites (N-methyl/N-ethyl adjacent to an activating group) is 1. The van der Waals surface area contributed by atoms with E-state index in [2.05, 4.69) is 51.9 Å². The lowest BCUT2D eigenvalue weighted by Crippen LogP contribution is -2.39. The zero-order valence-corrected chi connectivity index (χ0v) is 15.4. The molecule has 0 aliphatic carbocycles. The maximum absolute atomic E-state index is 4.72. The molecule has 2 N–H and O–H groups in total. The smallest absolute Gasteiger partial charge is 0.191 e. The fraction of sp³-hybridized carbons (Fsp3) is 0.706. The molecule has 1 fully saturated rings. The summed E-state index contributed by atoms with van der Waals surface area (Å²) in [5.74, 6) is 0.941. The molecule has 0 spiro atoms. The first-order valence-electron chi connectivity index (χ1n) is 8.73. The van der Waals surface area contributed by atoms with E-state index >= 15 is 0 Å². The Balaban J connectivity index is 1.69. The minimum absolute atomic E-state index is 0.859. The van der Waals surface area contributed by atoms with Gasteiger partial charge in [0, 0.05) is 37.6 Å². The van der Waals surface area contributed by atoms with Gasteiger partial charge >= 0.3 is 0 Å². The molecule has 130 valence electrons. The Morgan fingerprint density at radius 1 is 1.26 bits per heavy atom. The van der Waals surface area contributed by atoms with Gasteiger partial charge in [0.1, 0.15) is 0 Å². The van der Waals surface area contributed by atoms with Gasteiger partial charge in [-0.2, -0.15) is 0 Å². The molecule has 0 unspecified atom stereocenters. The van der Waals surface area contributed by atoms with Crippen LogP contribution >= 0.6 is 11.3 Å². The van der Waals surface area contributed by atoms with Crippen molar-refractivity contribution in [2.45, 2.75) is 19.8 Å². The molecule has 5 nitrogen and oxygen atoms in total. The van der Waals surface area contributed by atoms with Crippen LogP contribution in [0.5, 0.6) is 0 Å². The molecule has 0 atom stereocenters. The van der Waals surface area contributed by atoms with Crippen molar-refractivity contribution in [3.05, 3.63) is 22.4 Å². The van der Waals surface area contributed by atoms with E-state index in [0.717, 1.165) is 45.1 Å². The molecular weight excluding hydrogens is 306 g/mol. The van der Waals surface area contributed by atoms with Gasteiger partial charge in [0.05, 0.1) is 6.54 Å². The standard InChI is InChI=1S/C17H31N5S/c1-3-18-17(19-8-7-16-6-4-15-23-16)20-9-12-22-11-5-10-21(2)13-14-22/h4,6,15H,3,5,7-14H2,1-2H3,(H2,18,19,20). The van der Waals surface area contributed by atoms with Gasteiger partial charge < -0.3 is 20.4 Å². The highest BCUT2D eigenvalue weighted by molar-refractivity contribution is 7.09. The Labute approximate surface area is 144 Å². The Morgan fingerprint density at radius 2 is 2.17 bits per heavy atom. The summed E-state index contributed by atoms with van der Waals surface area (Å²) in [6.07, 6.45) is 2.32. The second-order valence-corrected chi connectivity index (χ2v) is 7.05. The van der Waals surface area contributed by atoms with Crippen molar-refractivity contribution in [1.82, 2.24) is 20.4 Å². The highest BCUT2D eigenvalue weighted by Crippen LogP contribution is 2.08. The van der Waals surface area contributed by atoms with Gasteiger partial charge in [-0.1, -0.05) is 6.07 Å². The number of thiophene rings is 1. The molecule has 2 rings (SSSR count). The SMILES string of the molecule is CCNC(=NCCN1CCCN(C)CC1)NCCc1cccs1. The normalized spacial score (nSPS) is 17.9. The second-order valence-electron chi connectivity index (χ2n) is 6.02. The summed E-state index contributed by atoms with van der Waals surface area (Å²) in [4.78, 5) is 11.1. The predicted molar refractivity (Wildman–Crippen MR) is 101 cm³/mol. The average molecular weight is 338 g/mol. The summed E-state index contributed by atoms with van der Waals surface area (Å²) >= 11 is 1.82. The van der Waals surface area contributed by atoms with Gasteiger partial charge in [-0.25, -0.2) is 0 Å². The van der Waals surface area contributed by atoms with Crippen LogP contribution in [0, 0.1) is 0 Å². The van der Waals surface area contributed by atoms with E-state index in [9.17, 15) is 0 Å². The van der Waals surface area contributed by atoms with Gasteiger partial charge in [-0.05, 0) is 51.3 Å². The van der Waals surface area contributed by atoms with E-state index in [0.29, 0.717) is 0 Å². The van der Waals surface area contributed by atoms with Gasteiger partial charge in [-0.3, -0.25) is 4.99 Å². The van der Waals surface area contributed by atoms with Crippen molar-refractivity contribution in [2.24, 2.45) is 4.99 Å². The third-order valence-corrected chi connectivity index (χ3v) is 5.02. The lowest BCUT2D eigenvalue weighted by Gasteiger charge is -2.19. The summed E-state index contributed by atoms with van der Waals surface area (Å²) in [5, 5.41) is 8.90. The van der Waals surface area contributed by atoms with Gasteiger partial charge in [0.2, 0.25) is 0 Å². The summed E-state index contributed by atoms with van der Waals surface area (Å²) in [7, 11) is 2.21. The van der Waals surface area contributed by atoms with E-state index in [1.54, 1.807) is 0 Å². The molecule has 0 amide bonds. The molecule has 1 saturated heterocycles. The van der Waals surface area contributed by atoms with E-state index in [1.807, 2.05) is 11.3 Å². The van der Waals surface area contributed by atoms with Crippen molar-refractivity contribution < 1.29 is 0 Å². The van der Waals surface area contributed by atoms with Crippen LogP contribution in [0.4, 0.5) is 0 Å². The quantitative estimate of drug-likeness (QED) is 0.584. The Bertz CT molecular complexity index is 446. The molecule has 0 bridgehead atoms. The van der Waals surface area contributed by atoms with Crippen LogP contribution in [-0.4, -0.2) is 75.2 Å². The number of rotatable bonds is 7. The molecular formula is C17H31N5S. The molecule has 1 aliphatic heterocycles. The minimum Gasteiger partial charge on any atom is -0.357 e. The first-order valence-corrected chi connectivity index (χ1v) is 9.61. The Hall–Kier alpha value is -1.11. The van der Waals surface area contributed by atoms with E-state index in [4.69, 9.17) is 4.99 Å². The number of guanidine groups is 1. The predicted octanol–water partition coefficient (Wildman–Crippen LogP) is 1.48. The molecule has 6 heteroatoms. The highest BCUT2D eigenvalue weighted by atomic mass is 32.1. The van der Waals surface area contributed by atoms with E-state index in [-0.39, 0.29) is 0 Å². The number of hydrogen-bond acceptors (Lipinski definition) is 4. The minimum atomic E-state index is 0.859. The van der Waals surface area contributed by atoms with Crippen molar-refractivity contribution in [1.29, 1.82) is 0 Å². The van der Waals surface area contributed by atoms with Crippen molar-refractivity contribution in [3.8, 4) is 0 Å². The van der Waals surface area contributed by atoms with Crippen LogP contribution in [0.25, 0.3) is 0 Å². The number of hydrogen-bond donors (Lipinski definition) is 2. The second kappa shape index (κ2) is 10.6. The lowest BCUT2D eigenvalue weighted by atomic mass is 10.3. The van der Waals surface area contributed by atoms with Crippen LogP contribution in [0.2, 0.25) is 0 Å². The zero-order chi connectivity index (χ0) is 16.3. The fourth-order valence-corrected chi connectivity index (χ4v) is 3.44. The monoisotopic (exact) mass is 337 g/mol. The Kier molecular flexibility index (Phi) is 8.42. The largest absolute Gasteiger partial charge is 0.357 e. The first-order chi connectivity index (χ1) is 11.3. The molecule has 1 aliphatic rings. The number of nitrogens with one attached hydrogen (secondary N) is 2. The van der Waals surface area contributed by atoms with Gasteiger partial charge in [-0.15, -0.1) is 11.3 Å². The number of aliphatic imine (C=N–C) groups is 1. The fourth-order valence-electron chi connectivity index (χ4n) is 2.73. The molecule has 0 aromatic carbocycles. The summed E-state index contributed by atoms with van der Waals surface area (Å²) in [6.45, 7) is 10.6. The highest BCUT2D eigenvalue weighted by Gasteiger charge is 2.11. The van der Waals surface area contributed by atoms with Gasteiger partial charge in [0.15, 0.2) is 5.96 Å². The molecule has 1 aromatic rings. The third-order valence-electron chi connectivity index (χ3n) is 4.09. The molecule has 23 heavy (non-hydrogen) atoms. The summed E-state index contributed by atoms with van der Waals surface area (Å²) < 4.78 is 0. The maximum Gasteiger partial charge on any atom is 0.191 e.